The van der Waals surface area contributed by atoms with Gasteiger partial charge in [0.15, 0.2) is 0 Å². The second-order valence-electron chi connectivity index (χ2n) is 3.92. The Morgan fingerprint density at radius 1 is 1.56 bits per heavy atom. The van der Waals surface area contributed by atoms with E-state index in [-0.39, 0.29) is 0 Å². The first-order chi connectivity index (χ1) is 7.77. The third kappa shape index (κ3) is 4.28. The van der Waals surface area contributed by atoms with Gasteiger partial charge < -0.3 is 14.6 Å². The molecule has 1 aromatic heterocycles. The SMILES string of the molecule is CCn1cnnc1CCNC(C)CCOC. The van der Waals surface area contributed by atoms with Crippen LogP contribution in [0.3, 0.4) is 0 Å². The molecule has 1 heterocycles. The number of methoxy groups -OCH3 is 1. The third-order valence-electron chi connectivity index (χ3n) is 2.63. The van der Waals surface area contributed by atoms with E-state index in [2.05, 4.69) is 33.9 Å². The Morgan fingerprint density at radius 3 is 3.06 bits per heavy atom. The molecule has 5 nitrogen and oxygen atoms in total. The molecule has 16 heavy (non-hydrogen) atoms. The maximum atomic E-state index is 5.03. The van der Waals surface area contributed by atoms with E-state index in [0.717, 1.165) is 38.4 Å². The molecule has 0 fully saturated rings. The molecule has 0 saturated heterocycles. The first-order valence-corrected chi connectivity index (χ1v) is 5.87. The number of rotatable bonds is 8. The fourth-order valence-corrected chi connectivity index (χ4v) is 1.56. The lowest BCUT2D eigenvalue weighted by Crippen LogP contribution is -2.29. The van der Waals surface area contributed by atoms with Gasteiger partial charge in [-0.1, -0.05) is 0 Å². The topological polar surface area (TPSA) is 52.0 Å². The van der Waals surface area contributed by atoms with Gasteiger partial charge in [0.05, 0.1) is 0 Å². The van der Waals surface area contributed by atoms with Crippen LogP contribution in [0.5, 0.6) is 0 Å². The minimum Gasteiger partial charge on any atom is -0.385 e. The summed E-state index contributed by atoms with van der Waals surface area (Å²) >= 11 is 0. The lowest BCUT2D eigenvalue weighted by molar-refractivity contribution is 0.185. The molecule has 0 radical (unpaired) electrons. The number of nitrogens with one attached hydrogen (secondary N) is 1. The van der Waals surface area contributed by atoms with Gasteiger partial charge in [-0.05, 0) is 20.3 Å². The fraction of sp³-hybridized carbons (Fsp3) is 0.818. The van der Waals surface area contributed by atoms with Crippen LogP contribution in [-0.4, -0.2) is 41.1 Å². The van der Waals surface area contributed by atoms with Gasteiger partial charge >= 0.3 is 0 Å². The lowest BCUT2D eigenvalue weighted by Gasteiger charge is -2.12. The minimum absolute atomic E-state index is 0.484. The van der Waals surface area contributed by atoms with Crippen LogP contribution in [-0.2, 0) is 17.7 Å². The van der Waals surface area contributed by atoms with Crippen molar-refractivity contribution in [1.29, 1.82) is 0 Å². The van der Waals surface area contributed by atoms with Gasteiger partial charge in [-0.3, -0.25) is 0 Å². The first kappa shape index (κ1) is 13.1. The van der Waals surface area contributed by atoms with Crippen LogP contribution in [0.4, 0.5) is 0 Å². The summed E-state index contributed by atoms with van der Waals surface area (Å²) in [6.07, 6.45) is 3.74. The number of hydrogen-bond acceptors (Lipinski definition) is 4. The molecular formula is C11H22N4O. The van der Waals surface area contributed by atoms with Crippen LogP contribution in [0.25, 0.3) is 0 Å². The zero-order valence-electron chi connectivity index (χ0n) is 10.4. The highest BCUT2D eigenvalue weighted by molar-refractivity contribution is 4.86. The second kappa shape index (κ2) is 7.35. The van der Waals surface area contributed by atoms with Crippen LogP contribution in [0.2, 0.25) is 0 Å². The largest absolute Gasteiger partial charge is 0.385 e. The Balaban J connectivity index is 2.20. The fourth-order valence-electron chi connectivity index (χ4n) is 1.56. The van der Waals surface area contributed by atoms with Gasteiger partial charge in [0.1, 0.15) is 12.2 Å². The summed E-state index contributed by atoms with van der Waals surface area (Å²) in [5.41, 5.74) is 0. The predicted octanol–water partition coefficient (Wildman–Crippen LogP) is 0.855. The number of ether oxygens (including phenoxy) is 1. The molecule has 0 aliphatic rings. The standard InChI is InChI=1S/C11H22N4O/c1-4-15-9-13-14-11(15)5-7-12-10(2)6-8-16-3/h9-10,12H,4-8H2,1-3H3. The van der Waals surface area contributed by atoms with Crippen LogP contribution >= 0.6 is 0 Å². The van der Waals surface area contributed by atoms with Gasteiger partial charge in [0, 0.05) is 39.3 Å². The highest BCUT2D eigenvalue weighted by atomic mass is 16.5. The lowest BCUT2D eigenvalue weighted by atomic mass is 10.2. The van der Waals surface area contributed by atoms with Crippen molar-refractivity contribution in [2.75, 3.05) is 20.3 Å². The molecule has 0 aliphatic carbocycles. The van der Waals surface area contributed by atoms with E-state index in [9.17, 15) is 0 Å². The number of aryl methyl sites for hydroxylation is 1. The Kier molecular flexibility index (Phi) is 6.03. The highest BCUT2D eigenvalue weighted by Crippen LogP contribution is 1.96. The third-order valence-corrected chi connectivity index (χ3v) is 2.63. The van der Waals surface area contributed by atoms with Crippen molar-refractivity contribution in [3.63, 3.8) is 0 Å². The predicted molar refractivity (Wildman–Crippen MR) is 63.4 cm³/mol. The Bertz CT molecular complexity index is 287. The quantitative estimate of drug-likeness (QED) is 0.714. The van der Waals surface area contributed by atoms with Gasteiger partial charge in [-0.25, -0.2) is 0 Å². The van der Waals surface area contributed by atoms with Crippen molar-refractivity contribution in [1.82, 2.24) is 20.1 Å². The summed E-state index contributed by atoms with van der Waals surface area (Å²) in [4.78, 5) is 0. The van der Waals surface area contributed by atoms with Crippen LogP contribution in [0, 0.1) is 0 Å². The summed E-state index contributed by atoms with van der Waals surface area (Å²) in [5, 5.41) is 11.4. The number of nitrogens with zero attached hydrogens (tertiary/aromatic N) is 3. The maximum Gasteiger partial charge on any atom is 0.134 e. The van der Waals surface area contributed by atoms with E-state index in [1.807, 2.05) is 0 Å². The number of hydrogen-bond donors (Lipinski definition) is 1. The molecule has 0 aromatic carbocycles. The molecule has 5 heteroatoms. The molecule has 92 valence electrons. The summed E-state index contributed by atoms with van der Waals surface area (Å²) in [6.45, 7) is 6.94. The Morgan fingerprint density at radius 2 is 2.38 bits per heavy atom. The molecule has 1 aromatic rings. The zero-order valence-corrected chi connectivity index (χ0v) is 10.4. The molecule has 1 unspecified atom stereocenters. The molecule has 0 aliphatic heterocycles. The van der Waals surface area contributed by atoms with Crippen molar-refractivity contribution >= 4 is 0 Å². The van der Waals surface area contributed by atoms with Gasteiger partial charge in [0.2, 0.25) is 0 Å². The van der Waals surface area contributed by atoms with Crippen LogP contribution in [0.1, 0.15) is 26.1 Å². The summed E-state index contributed by atoms with van der Waals surface area (Å²) in [6, 6.07) is 0.484. The summed E-state index contributed by atoms with van der Waals surface area (Å²) < 4.78 is 7.11. The monoisotopic (exact) mass is 226 g/mol. The zero-order chi connectivity index (χ0) is 11.8. The summed E-state index contributed by atoms with van der Waals surface area (Å²) in [7, 11) is 1.73. The van der Waals surface area contributed by atoms with E-state index in [1.165, 1.54) is 0 Å². The highest BCUT2D eigenvalue weighted by Gasteiger charge is 2.04. The van der Waals surface area contributed by atoms with Crippen LogP contribution < -0.4 is 5.32 Å². The minimum atomic E-state index is 0.484. The molecule has 0 bridgehead atoms. The number of aromatic nitrogens is 3. The normalized spacial score (nSPS) is 12.9. The van der Waals surface area contributed by atoms with E-state index >= 15 is 0 Å². The van der Waals surface area contributed by atoms with Crippen LogP contribution in [0.15, 0.2) is 6.33 Å². The van der Waals surface area contributed by atoms with Gasteiger partial charge in [-0.2, -0.15) is 0 Å². The Hall–Kier alpha value is -0.940. The van der Waals surface area contributed by atoms with E-state index in [4.69, 9.17) is 4.74 Å². The second-order valence-corrected chi connectivity index (χ2v) is 3.92. The molecule has 0 saturated carbocycles. The van der Waals surface area contributed by atoms with Crippen molar-refractivity contribution in [2.45, 2.75) is 39.3 Å². The molecule has 1 N–H and O–H groups in total. The van der Waals surface area contributed by atoms with E-state index < -0.39 is 0 Å². The van der Waals surface area contributed by atoms with Gasteiger partial charge in [-0.15, -0.1) is 10.2 Å². The molecular weight excluding hydrogens is 204 g/mol. The Labute approximate surface area is 97.2 Å². The first-order valence-electron chi connectivity index (χ1n) is 5.87. The molecule has 1 atom stereocenters. The summed E-state index contributed by atoms with van der Waals surface area (Å²) in [5.74, 6) is 1.05. The van der Waals surface area contributed by atoms with Crippen molar-refractivity contribution in [3.05, 3.63) is 12.2 Å². The van der Waals surface area contributed by atoms with E-state index in [1.54, 1.807) is 13.4 Å². The van der Waals surface area contributed by atoms with E-state index in [0.29, 0.717) is 6.04 Å². The molecule has 0 spiro atoms. The van der Waals surface area contributed by atoms with Crippen molar-refractivity contribution in [3.8, 4) is 0 Å². The maximum absolute atomic E-state index is 5.03. The molecule has 0 amide bonds. The average molecular weight is 226 g/mol. The van der Waals surface area contributed by atoms with Crippen molar-refractivity contribution < 1.29 is 4.74 Å². The van der Waals surface area contributed by atoms with Gasteiger partial charge in [0.25, 0.3) is 0 Å². The molecule has 1 rings (SSSR count). The van der Waals surface area contributed by atoms with Crippen molar-refractivity contribution in [2.24, 2.45) is 0 Å². The average Bonchev–Trinajstić information content (AvgIpc) is 2.74. The smallest absolute Gasteiger partial charge is 0.134 e.